The van der Waals surface area contributed by atoms with E-state index in [0.717, 1.165) is 22.9 Å². The number of pyridine rings is 2. The summed E-state index contributed by atoms with van der Waals surface area (Å²) in [7, 11) is 0. The molecule has 0 unspecified atom stereocenters. The largest absolute Gasteiger partial charge is 0.383 e. The Morgan fingerprint density at radius 2 is 1.78 bits per heavy atom. The van der Waals surface area contributed by atoms with Crippen molar-refractivity contribution in [2.45, 2.75) is 6.42 Å². The topological polar surface area (TPSA) is 51.8 Å². The molecule has 0 radical (unpaired) electrons. The van der Waals surface area contributed by atoms with E-state index in [9.17, 15) is 0 Å². The van der Waals surface area contributed by atoms with E-state index < -0.39 is 0 Å². The fourth-order valence-corrected chi connectivity index (χ4v) is 2.06. The average molecular weight is 235 g/mol. The minimum Gasteiger partial charge on any atom is -0.383 e. The maximum absolute atomic E-state index is 5.86. The maximum Gasteiger partial charge on any atom is 0.126 e. The van der Waals surface area contributed by atoms with E-state index in [1.807, 2.05) is 24.3 Å². The van der Waals surface area contributed by atoms with Crippen molar-refractivity contribution in [1.82, 2.24) is 9.97 Å². The SMILES string of the molecule is Nc1ncccc1Cc1ccc2ncccc2c1. The first-order valence-corrected chi connectivity index (χ1v) is 5.86. The van der Waals surface area contributed by atoms with Crippen molar-refractivity contribution in [2.75, 3.05) is 5.73 Å². The standard InChI is InChI=1S/C15H13N3/c16-15-13(4-2-8-18-15)10-11-5-6-14-12(9-11)3-1-7-17-14/h1-9H,10H2,(H2,16,18). The summed E-state index contributed by atoms with van der Waals surface area (Å²) in [4.78, 5) is 8.41. The third kappa shape index (κ3) is 2.02. The van der Waals surface area contributed by atoms with Gasteiger partial charge in [-0.05, 0) is 35.4 Å². The first-order chi connectivity index (χ1) is 8.83. The number of fused-ring (bicyclic) bond motifs is 1. The first kappa shape index (κ1) is 10.7. The van der Waals surface area contributed by atoms with Crippen molar-refractivity contribution in [3.8, 4) is 0 Å². The Bertz CT molecular complexity index is 692. The fraction of sp³-hybridized carbons (Fsp3) is 0.0667. The van der Waals surface area contributed by atoms with Crippen LogP contribution >= 0.6 is 0 Å². The Balaban J connectivity index is 1.98. The summed E-state index contributed by atoms with van der Waals surface area (Å²) >= 11 is 0. The third-order valence-electron chi connectivity index (χ3n) is 2.99. The predicted octanol–water partition coefficient (Wildman–Crippen LogP) is 2.80. The van der Waals surface area contributed by atoms with Crippen LogP contribution in [0.15, 0.2) is 54.9 Å². The second kappa shape index (κ2) is 4.45. The Morgan fingerprint density at radius 1 is 0.944 bits per heavy atom. The molecule has 0 aliphatic heterocycles. The minimum atomic E-state index is 0.601. The molecule has 3 aromatic rings. The van der Waals surface area contributed by atoms with Gasteiger partial charge in [0.15, 0.2) is 0 Å². The molecule has 2 heterocycles. The molecule has 3 heteroatoms. The van der Waals surface area contributed by atoms with Gasteiger partial charge in [-0.3, -0.25) is 4.98 Å². The maximum atomic E-state index is 5.86. The highest BCUT2D eigenvalue weighted by Gasteiger charge is 2.02. The quantitative estimate of drug-likeness (QED) is 0.743. The smallest absolute Gasteiger partial charge is 0.126 e. The molecule has 0 amide bonds. The second-order valence-corrected chi connectivity index (χ2v) is 4.25. The van der Waals surface area contributed by atoms with Gasteiger partial charge >= 0.3 is 0 Å². The van der Waals surface area contributed by atoms with Crippen molar-refractivity contribution in [1.29, 1.82) is 0 Å². The number of nitrogens with two attached hydrogens (primary N) is 1. The Kier molecular flexibility index (Phi) is 2.65. The van der Waals surface area contributed by atoms with Crippen molar-refractivity contribution in [3.05, 3.63) is 66.0 Å². The van der Waals surface area contributed by atoms with Gasteiger partial charge in [-0.1, -0.05) is 18.2 Å². The molecule has 3 nitrogen and oxygen atoms in total. The summed E-state index contributed by atoms with van der Waals surface area (Å²) in [5.74, 6) is 0.601. The molecule has 2 N–H and O–H groups in total. The summed E-state index contributed by atoms with van der Waals surface area (Å²) in [5.41, 5.74) is 9.15. The second-order valence-electron chi connectivity index (χ2n) is 4.25. The number of benzene rings is 1. The molecule has 0 atom stereocenters. The van der Waals surface area contributed by atoms with E-state index in [4.69, 9.17) is 5.73 Å². The molecule has 2 aromatic heterocycles. The van der Waals surface area contributed by atoms with Crippen LogP contribution in [0.4, 0.5) is 5.82 Å². The van der Waals surface area contributed by atoms with Crippen molar-refractivity contribution in [2.24, 2.45) is 0 Å². The van der Waals surface area contributed by atoms with Gasteiger partial charge in [0.05, 0.1) is 5.52 Å². The Labute approximate surface area is 105 Å². The molecule has 88 valence electrons. The summed E-state index contributed by atoms with van der Waals surface area (Å²) in [5, 5.41) is 1.15. The summed E-state index contributed by atoms with van der Waals surface area (Å²) in [6.07, 6.45) is 4.31. The number of rotatable bonds is 2. The van der Waals surface area contributed by atoms with Crippen molar-refractivity contribution < 1.29 is 0 Å². The monoisotopic (exact) mass is 235 g/mol. The van der Waals surface area contributed by atoms with Crippen molar-refractivity contribution in [3.63, 3.8) is 0 Å². The van der Waals surface area contributed by atoms with Crippen LogP contribution in [0.3, 0.4) is 0 Å². The number of anilines is 1. The van der Waals surface area contributed by atoms with Crippen LogP contribution in [-0.4, -0.2) is 9.97 Å². The third-order valence-corrected chi connectivity index (χ3v) is 2.99. The van der Waals surface area contributed by atoms with Crippen LogP contribution in [0, 0.1) is 0 Å². The van der Waals surface area contributed by atoms with E-state index >= 15 is 0 Å². The number of nitrogen functional groups attached to an aromatic ring is 1. The number of hydrogen-bond donors (Lipinski definition) is 1. The first-order valence-electron chi connectivity index (χ1n) is 5.86. The van der Waals surface area contributed by atoms with E-state index in [2.05, 4.69) is 28.2 Å². The van der Waals surface area contributed by atoms with E-state index in [1.165, 1.54) is 5.56 Å². The van der Waals surface area contributed by atoms with E-state index in [0.29, 0.717) is 5.82 Å². The number of hydrogen-bond acceptors (Lipinski definition) is 3. The lowest BCUT2D eigenvalue weighted by Gasteiger charge is -2.05. The molecule has 0 spiro atoms. The van der Waals surface area contributed by atoms with Gasteiger partial charge in [-0.25, -0.2) is 4.98 Å². The molecule has 0 saturated carbocycles. The van der Waals surface area contributed by atoms with Gasteiger partial charge in [-0.2, -0.15) is 0 Å². The highest BCUT2D eigenvalue weighted by atomic mass is 14.8. The summed E-state index contributed by atoms with van der Waals surface area (Å²) in [6, 6.07) is 14.2. The van der Waals surface area contributed by atoms with Gasteiger partial charge in [0, 0.05) is 24.2 Å². The highest BCUT2D eigenvalue weighted by molar-refractivity contribution is 5.79. The minimum absolute atomic E-state index is 0.601. The van der Waals surface area contributed by atoms with Crippen LogP contribution in [0.2, 0.25) is 0 Å². The average Bonchev–Trinajstić information content (AvgIpc) is 2.41. The Morgan fingerprint density at radius 3 is 2.67 bits per heavy atom. The molecular weight excluding hydrogens is 222 g/mol. The molecule has 1 aromatic carbocycles. The summed E-state index contributed by atoms with van der Waals surface area (Å²) in [6.45, 7) is 0. The zero-order chi connectivity index (χ0) is 12.4. The van der Waals surface area contributed by atoms with Gasteiger partial charge in [0.2, 0.25) is 0 Å². The lowest BCUT2D eigenvalue weighted by atomic mass is 10.0. The van der Waals surface area contributed by atoms with Crippen LogP contribution in [-0.2, 0) is 6.42 Å². The van der Waals surface area contributed by atoms with Gasteiger partial charge in [0.1, 0.15) is 5.82 Å². The number of aromatic nitrogens is 2. The molecule has 0 aliphatic carbocycles. The molecule has 0 aliphatic rings. The lowest BCUT2D eigenvalue weighted by Crippen LogP contribution is -1.98. The van der Waals surface area contributed by atoms with E-state index in [1.54, 1.807) is 12.4 Å². The van der Waals surface area contributed by atoms with Crippen LogP contribution in [0.5, 0.6) is 0 Å². The van der Waals surface area contributed by atoms with Crippen LogP contribution in [0.1, 0.15) is 11.1 Å². The predicted molar refractivity (Wildman–Crippen MR) is 73.2 cm³/mol. The van der Waals surface area contributed by atoms with Gasteiger partial charge in [0.25, 0.3) is 0 Å². The molecular formula is C15H13N3. The van der Waals surface area contributed by atoms with Gasteiger partial charge < -0.3 is 5.73 Å². The molecule has 3 rings (SSSR count). The summed E-state index contributed by atoms with van der Waals surface area (Å²) < 4.78 is 0. The lowest BCUT2D eigenvalue weighted by molar-refractivity contribution is 1.16. The zero-order valence-corrected chi connectivity index (χ0v) is 9.88. The Hall–Kier alpha value is -2.42. The number of nitrogens with zero attached hydrogens (tertiary/aromatic N) is 2. The molecule has 0 fully saturated rings. The van der Waals surface area contributed by atoms with Crippen LogP contribution in [0.25, 0.3) is 10.9 Å². The normalized spacial score (nSPS) is 10.7. The van der Waals surface area contributed by atoms with Crippen molar-refractivity contribution >= 4 is 16.7 Å². The van der Waals surface area contributed by atoms with Crippen LogP contribution < -0.4 is 5.73 Å². The molecule has 18 heavy (non-hydrogen) atoms. The van der Waals surface area contributed by atoms with E-state index in [-0.39, 0.29) is 0 Å². The van der Waals surface area contributed by atoms with Gasteiger partial charge in [-0.15, -0.1) is 0 Å². The molecule has 0 bridgehead atoms. The zero-order valence-electron chi connectivity index (χ0n) is 9.88. The highest BCUT2D eigenvalue weighted by Crippen LogP contribution is 2.18. The molecule has 0 saturated heterocycles. The fourth-order valence-electron chi connectivity index (χ4n) is 2.06.